The number of benzene rings is 1. The summed E-state index contributed by atoms with van der Waals surface area (Å²) in [5.74, 6) is 0.232. The van der Waals surface area contributed by atoms with E-state index in [1.165, 1.54) is 0 Å². The number of nitrogens with zero attached hydrogens (tertiary/aromatic N) is 1. The SMILES string of the molecule is CN(C)CCOCCNCc1cc(Br)c(O)c(Br)c1. The van der Waals surface area contributed by atoms with Gasteiger partial charge >= 0.3 is 0 Å². The van der Waals surface area contributed by atoms with E-state index in [1.807, 2.05) is 26.2 Å². The van der Waals surface area contributed by atoms with Crippen molar-refractivity contribution in [1.29, 1.82) is 0 Å². The summed E-state index contributed by atoms with van der Waals surface area (Å²) in [7, 11) is 4.06. The van der Waals surface area contributed by atoms with Gasteiger partial charge in [0.25, 0.3) is 0 Å². The van der Waals surface area contributed by atoms with E-state index in [9.17, 15) is 5.11 Å². The van der Waals surface area contributed by atoms with Crippen LogP contribution in [0.4, 0.5) is 0 Å². The predicted molar refractivity (Wildman–Crippen MR) is 84.6 cm³/mol. The number of nitrogens with one attached hydrogen (secondary N) is 1. The summed E-state index contributed by atoms with van der Waals surface area (Å²) in [6.45, 7) is 3.95. The number of hydrogen-bond donors (Lipinski definition) is 2. The van der Waals surface area contributed by atoms with Gasteiger partial charge in [-0.2, -0.15) is 0 Å². The van der Waals surface area contributed by atoms with E-state index in [-0.39, 0.29) is 5.75 Å². The van der Waals surface area contributed by atoms with Crippen LogP contribution in [0.5, 0.6) is 5.75 Å². The van der Waals surface area contributed by atoms with Gasteiger partial charge in [0, 0.05) is 19.6 Å². The van der Waals surface area contributed by atoms with E-state index < -0.39 is 0 Å². The molecule has 0 aliphatic heterocycles. The van der Waals surface area contributed by atoms with Crippen LogP contribution in [0.2, 0.25) is 0 Å². The van der Waals surface area contributed by atoms with E-state index in [2.05, 4.69) is 42.1 Å². The predicted octanol–water partition coefficient (Wildman–Crippen LogP) is 2.58. The lowest BCUT2D eigenvalue weighted by molar-refractivity contribution is 0.119. The maximum absolute atomic E-state index is 9.61. The first-order valence-electron chi connectivity index (χ1n) is 6.10. The van der Waals surface area contributed by atoms with Crippen molar-refractivity contribution >= 4 is 31.9 Å². The third kappa shape index (κ3) is 6.72. The summed E-state index contributed by atoms with van der Waals surface area (Å²) in [6, 6.07) is 3.81. The van der Waals surface area contributed by atoms with E-state index in [1.54, 1.807) is 0 Å². The molecule has 0 saturated carbocycles. The van der Waals surface area contributed by atoms with Gasteiger partial charge in [-0.25, -0.2) is 0 Å². The molecule has 0 spiro atoms. The van der Waals surface area contributed by atoms with Crippen LogP contribution in [0.15, 0.2) is 21.1 Å². The van der Waals surface area contributed by atoms with Gasteiger partial charge in [-0.3, -0.25) is 0 Å². The molecular formula is C13H20Br2N2O2. The van der Waals surface area contributed by atoms with Crippen molar-refractivity contribution in [3.63, 3.8) is 0 Å². The molecule has 1 aromatic carbocycles. The molecule has 0 saturated heterocycles. The minimum absolute atomic E-state index is 0.232. The Bertz CT molecular complexity index is 377. The van der Waals surface area contributed by atoms with Crippen molar-refractivity contribution < 1.29 is 9.84 Å². The smallest absolute Gasteiger partial charge is 0.143 e. The maximum Gasteiger partial charge on any atom is 0.143 e. The molecule has 0 radical (unpaired) electrons. The van der Waals surface area contributed by atoms with Crippen molar-refractivity contribution in [3.8, 4) is 5.75 Å². The number of likely N-dealkylation sites (N-methyl/N-ethyl adjacent to an activating group) is 1. The highest BCUT2D eigenvalue weighted by atomic mass is 79.9. The van der Waals surface area contributed by atoms with Crippen molar-refractivity contribution in [1.82, 2.24) is 10.2 Å². The fourth-order valence-electron chi connectivity index (χ4n) is 1.45. The Kier molecular flexibility index (Phi) is 7.94. The lowest BCUT2D eigenvalue weighted by atomic mass is 10.2. The van der Waals surface area contributed by atoms with E-state index in [0.717, 1.165) is 31.8 Å². The van der Waals surface area contributed by atoms with Crippen LogP contribution in [0.3, 0.4) is 0 Å². The summed E-state index contributed by atoms with van der Waals surface area (Å²) in [5, 5.41) is 12.9. The highest BCUT2D eigenvalue weighted by molar-refractivity contribution is 9.11. The molecule has 0 heterocycles. The molecule has 19 heavy (non-hydrogen) atoms. The Hall–Kier alpha value is -0.140. The molecule has 6 heteroatoms. The Morgan fingerprint density at radius 3 is 2.42 bits per heavy atom. The molecular weight excluding hydrogens is 376 g/mol. The first kappa shape index (κ1) is 16.9. The molecule has 2 N–H and O–H groups in total. The van der Waals surface area contributed by atoms with Crippen LogP contribution in [-0.4, -0.2) is 50.4 Å². The lowest BCUT2D eigenvalue weighted by Crippen LogP contribution is -2.23. The molecule has 0 aromatic heterocycles. The average molecular weight is 396 g/mol. The number of rotatable bonds is 8. The highest BCUT2D eigenvalue weighted by Crippen LogP contribution is 2.33. The molecule has 0 unspecified atom stereocenters. The van der Waals surface area contributed by atoms with Crippen LogP contribution in [0.1, 0.15) is 5.56 Å². The summed E-state index contributed by atoms with van der Waals surface area (Å²) < 4.78 is 6.88. The van der Waals surface area contributed by atoms with Gasteiger partial charge in [0.2, 0.25) is 0 Å². The highest BCUT2D eigenvalue weighted by Gasteiger charge is 2.05. The zero-order valence-electron chi connectivity index (χ0n) is 11.2. The largest absolute Gasteiger partial charge is 0.506 e. The van der Waals surface area contributed by atoms with Crippen molar-refractivity contribution in [3.05, 3.63) is 26.6 Å². The molecule has 0 atom stereocenters. The summed E-state index contributed by atoms with van der Waals surface area (Å²) in [4.78, 5) is 2.10. The fourth-order valence-corrected chi connectivity index (χ4v) is 2.73. The van der Waals surface area contributed by atoms with Crippen molar-refractivity contribution in [2.24, 2.45) is 0 Å². The number of hydrogen-bond acceptors (Lipinski definition) is 4. The number of aromatic hydroxyl groups is 1. The molecule has 108 valence electrons. The molecule has 0 fully saturated rings. The number of phenolic OH excluding ortho intramolecular Hbond substituents is 1. The van der Waals surface area contributed by atoms with Gasteiger partial charge < -0.3 is 20.1 Å². The Morgan fingerprint density at radius 1 is 1.21 bits per heavy atom. The monoisotopic (exact) mass is 394 g/mol. The van der Waals surface area contributed by atoms with Crippen LogP contribution in [0.25, 0.3) is 0 Å². The number of ether oxygens (including phenoxy) is 1. The first-order chi connectivity index (χ1) is 9.00. The summed E-state index contributed by atoms with van der Waals surface area (Å²) >= 11 is 6.63. The second-order valence-corrected chi connectivity index (χ2v) is 6.21. The maximum atomic E-state index is 9.61. The van der Waals surface area contributed by atoms with Gasteiger partial charge in [-0.05, 0) is 63.7 Å². The molecule has 0 amide bonds. The average Bonchev–Trinajstić information content (AvgIpc) is 2.34. The standard InChI is InChI=1S/C13H20Br2N2O2/c1-17(2)4-6-19-5-3-16-9-10-7-11(14)13(18)12(15)8-10/h7-8,16,18H,3-6,9H2,1-2H3. The third-order valence-corrected chi connectivity index (χ3v) is 3.72. The summed E-state index contributed by atoms with van der Waals surface area (Å²) in [6.07, 6.45) is 0. The molecule has 1 rings (SSSR count). The van der Waals surface area contributed by atoms with Crippen LogP contribution in [0, 0.1) is 0 Å². The number of halogens is 2. The van der Waals surface area contributed by atoms with Gasteiger partial charge in [0.15, 0.2) is 0 Å². The fraction of sp³-hybridized carbons (Fsp3) is 0.538. The zero-order chi connectivity index (χ0) is 14.3. The van der Waals surface area contributed by atoms with Crippen molar-refractivity contribution in [2.45, 2.75) is 6.54 Å². The van der Waals surface area contributed by atoms with Gasteiger partial charge in [0.1, 0.15) is 5.75 Å². The molecule has 0 bridgehead atoms. The first-order valence-corrected chi connectivity index (χ1v) is 7.69. The van der Waals surface area contributed by atoms with E-state index in [4.69, 9.17) is 4.74 Å². The molecule has 4 nitrogen and oxygen atoms in total. The minimum Gasteiger partial charge on any atom is -0.506 e. The van der Waals surface area contributed by atoms with Crippen molar-refractivity contribution in [2.75, 3.05) is 40.4 Å². The molecule has 0 aliphatic rings. The Labute approximate surface area is 131 Å². The van der Waals surface area contributed by atoms with Gasteiger partial charge in [-0.1, -0.05) is 0 Å². The lowest BCUT2D eigenvalue weighted by Gasteiger charge is -2.10. The van der Waals surface area contributed by atoms with Crippen LogP contribution < -0.4 is 5.32 Å². The molecule has 1 aromatic rings. The molecule has 0 aliphatic carbocycles. The summed E-state index contributed by atoms with van der Waals surface area (Å²) in [5.41, 5.74) is 1.10. The van der Waals surface area contributed by atoms with Crippen LogP contribution >= 0.6 is 31.9 Å². The minimum atomic E-state index is 0.232. The second-order valence-electron chi connectivity index (χ2n) is 4.50. The third-order valence-electron chi connectivity index (χ3n) is 2.51. The van der Waals surface area contributed by atoms with Gasteiger partial charge in [-0.15, -0.1) is 0 Å². The van der Waals surface area contributed by atoms with E-state index >= 15 is 0 Å². The topological polar surface area (TPSA) is 44.7 Å². The quantitative estimate of drug-likeness (QED) is 0.664. The second kappa shape index (κ2) is 8.92. The Balaban J connectivity index is 2.19. The Morgan fingerprint density at radius 2 is 1.84 bits per heavy atom. The zero-order valence-corrected chi connectivity index (χ0v) is 14.4. The van der Waals surface area contributed by atoms with Crippen LogP contribution in [-0.2, 0) is 11.3 Å². The van der Waals surface area contributed by atoms with E-state index in [0.29, 0.717) is 15.6 Å². The number of phenols is 1. The normalized spacial score (nSPS) is 11.2. The van der Waals surface area contributed by atoms with Gasteiger partial charge in [0.05, 0.1) is 22.2 Å².